The summed E-state index contributed by atoms with van der Waals surface area (Å²) < 4.78 is 34.6. The van der Waals surface area contributed by atoms with Crippen LogP contribution < -0.4 is 4.74 Å². The Hall–Kier alpha value is -2.42. The summed E-state index contributed by atoms with van der Waals surface area (Å²) in [6.45, 7) is 4.73. The second-order valence-electron chi connectivity index (χ2n) is 9.09. The number of hydrogen-bond donors (Lipinski definition) is 0. The quantitative estimate of drug-likeness (QED) is 0.231. The Labute approximate surface area is 198 Å². The number of unbranched alkanes of at least 4 members (excludes halogenated alkanes) is 2. The second kappa shape index (κ2) is 13.3. The summed E-state index contributed by atoms with van der Waals surface area (Å²) in [5, 5.41) is 0. The molecule has 0 spiro atoms. The van der Waals surface area contributed by atoms with Crippen LogP contribution in [-0.2, 0) is 12.8 Å². The molecule has 33 heavy (non-hydrogen) atoms. The predicted octanol–water partition coefficient (Wildman–Crippen LogP) is 8.86. The second-order valence-corrected chi connectivity index (χ2v) is 9.09. The lowest BCUT2D eigenvalue weighted by Crippen LogP contribution is -2.06. The maximum absolute atomic E-state index is 14.7. The minimum Gasteiger partial charge on any atom is -0.490 e. The van der Waals surface area contributed by atoms with Crippen molar-refractivity contribution in [2.45, 2.75) is 78.1 Å². The van der Waals surface area contributed by atoms with Crippen LogP contribution in [0.2, 0.25) is 0 Å². The SMILES string of the molecule is CCCCCOc1ccc(C2=CCC(/C=C/CCc3ccc(CCC)cc3)CC2)c(F)c1F. The molecule has 0 radical (unpaired) electrons. The third-order valence-electron chi connectivity index (χ3n) is 6.42. The van der Waals surface area contributed by atoms with Crippen molar-refractivity contribution in [2.75, 3.05) is 6.61 Å². The summed E-state index contributed by atoms with van der Waals surface area (Å²) in [7, 11) is 0. The fraction of sp³-hybridized carbons (Fsp3) is 0.467. The molecule has 1 atom stereocenters. The van der Waals surface area contributed by atoms with Crippen molar-refractivity contribution in [3.8, 4) is 5.75 Å². The molecule has 0 aliphatic heterocycles. The largest absolute Gasteiger partial charge is 0.490 e. The van der Waals surface area contributed by atoms with Gasteiger partial charge in [-0.25, -0.2) is 4.39 Å². The third-order valence-corrected chi connectivity index (χ3v) is 6.42. The van der Waals surface area contributed by atoms with Gasteiger partial charge in [-0.3, -0.25) is 0 Å². The van der Waals surface area contributed by atoms with Crippen molar-refractivity contribution >= 4 is 5.57 Å². The Bertz CT molecular complexity index is 927. The van der Waals surface area contributed by atoms with E-state index in [4.69, 9.17) is 4.74 Å². The highest BCUT2D eigenvalue weighted by molar-refractivity contribution is 5.67. The minimum absolute atomic E-state index is 0.0181. The molecule has 0 fully saturated rings. The van der Waals surface area contributed by atoms with Crippen LogP contribution in [0.3, 0.4) is 0 Å². The van der Waals surface area contributed by atoms with Crippen LogP contribution >= 0.6 is 0 Å². The first-order valence-electron chi connectivity index (χ1n) is 12.7. The van der Waals surface area contributed by atoms with Crippen LogP contribution in [0, 0.1) is 17.6 Å². The van der Waals surface area contributed by atoms with Crippen molar-refractivity contribution < 1.29 is 13.5 Å². The number of ether oxygens (including phenoxy) is 1. The molecule has 1 aliphatic rings. The first-order valence-corrected chi connectivity index (χ1v) is 12.7. The highest BCUT2D eigenvalue weighted by atomic mass is 19.2. The molecule has 0 N–H and O–H groups in total. The Morgan fingerprint density at radius 1 is 0.909 bits per heavy atom. The van der Waals surface area contributed by atoms with E-state index in [0.717, 1.165) is 63.4 Å². The molecule has 1 nitrogen and oxygen atoms in total. The van der Waals surface area contributed by atoms with E-state index in [1.54, 1.807) is 12.1 Å². The number of halogens is 2. The van der Waals surface area contributed by atoms with E-state index in [1.807, 2.05) is 0 Å². The molecule has 0 saturated heterocycles. The fourth-order valence-corrected chi connectivity index (χ4v) is 4.40. The zero-order valence-electron chi connectivity index (χ0n) is 20.2. The molecule has 178 valence electrons. The standard InChI is InChI=1S/C30H38F2O/c1-3-5-8-22-33-28-21-20-27(29(31)30(28)32)26-18-16-25(17-19-26)11-7-6-10-24-14-12-23(9-4-2)13-15-24/h7,11-15,18,20-21,25H,3-6,8-10,16-17,19,22H2,1-2H3/b11-7+. The molecule has 3 heteroatoms. The van der Waals surface area contributed by atoms with Gasteiger partial charge in [-0.15, -0.1) is 0 Å². The maximum atomic E-state index is 14.7. The van der Waals surface area contributed by atoms with Gasteiger partial charge in [0.05, 0.1) is 6.61 Å². The Balaban J connectivity index is 1.49. The number of aryl methyl sites for hydroxylation is 2. The lowest BCUT2D eigenvalue weighted by atomic mass is 9.86. The molecule has 0 aromatic heterocycles. The van der Waals surface area contributed by atoms with Gasteiger partial charge in [-0.2, -0.15) is 4.39 Å². The average Bonchev–Trinajstić information content (AvgIpc) is 2.84. The van der Waals surface area contributed by atoms with E-state index in [9.17, 15) is 8.78 Å². The first-order chi connectivity index (χ1) is 16.1. The van der Waals surface area contributed by atoms with E-state index in [0.29, 0.717) is 18.1 Å². The Morgan fingerprint density at radius 2 is 1.67 bits per heavy atom. The molecule has 1 unspecified atom stereocenters. The van der Waals surface area contributed by atoms with Gasteiger partial charge in [0.2, 0.25) is 5.82 Å². The van der Waals surface area contributed by atoms with Gasteiger partial charge in [-0.1, -0.05) is 75.6 Å². The van der Waals surface area contributed by atoms with Crippen molar-refractivity contribution in [1.29, 1.82) is 0 Å². The average molecular weight is 453 g/mol. The van der Waals surface area contributed by atoms with E-state index in [1.165, 1.54) is 17.5 Å². The first kappa shape index (κ1) is 25.2. The fourth-order valence-electron chi connectivity index (χ4n) is 4.40. The minimum atomic E-state index is -0.866. The lowest BCUT2D eigenvalue weighted by Gasteiger charge is -2.20. The molecule has 2 aromatic carbocycles. The normalized spacial score (nSPS) is 16.2. The van der Waals surface area contributed by atoms with E-state index in [2.05, 4.69) is 56.3 Å². The Morgan fingerprint density at radius 3 is 2.33 bits per heavy atom. The van der Waals surface area contributed by atoms with Crippen LogP contribution in [-0.4, -0.2) is 6.61 Å². The molecular weight excluding hydrogens is 414 g/mol. The molecular formula is C30H38F2O. The molecule has 2 aromatic rings. The van der Waals surface area contributed by atoms with Crippen molar-refractivity contribution in [2.24, 2.45) is 5.92 Å². The van der Waals surface area contributed by atoms with Crippen LogP contribution in [0.1, 0.15) is 81.9 Å². The highest BCUT2D eigenvalue weighted by Crippen LogP contribution is 2.34. The third kappa shape index (κ3) is 7.55. The predicted molar refractivity (Wildman–Crippen MR) is 135 cm³/mol. The van der Waals surface area contributed by atoms with Gasteiger partial charge >= 0.3 is 0 Å². The molecule has 0 saturated carbocycles. The molecule has 3 rings (SSSR count). The summed E-state index contributed by atoms with van der Waals surface area (Å²) >= 11 is 0. The lowest BCUT2D eigenvalue weighted by molar-refractivity contribution is 0.286. The molecule has 0 bridgehead atoms. The number of benzene rings is 2. The number of hydrogen-bond acceptors (Lipinski definition) is 1. The van der Waals surface area contributed by atoms with Crippen LogP contribution in [0.4, 0.5) is 8.78 Å². The van der Waals surface area contributed by atoms with Gasteiger partial charge in [0.15, 0.2) is 11.6 Å². The van der Waals surface area contributed by atoms with Crippen LogP contribution in [0.5, 0.6) is 5.75 Å². The van der Waals surface area contributed by atoms with E-state index in [-0.39, 0.29) is 5.75 Å². The van der Waals surface area contributed by atoms with E-state index < -0.39 is 11.6 Å². The van der Waals surface area contributed by atoms with Crippen LogP contribution in [0.25, 0.3) is 5.57 Å². The highest BCUT2D eigenvalue weighted by Gasteiger charge is 2.20. The number of rotatable bonds is 12. The summed E-state index contributed by atoms with van der Waals surface area (Å²) in [5.41, 5.74) is 4.07. The van der Waals surface area contributed by atoms with Crippen molar-refractivity contribution in [3.63, 3.8) is 0 Å². The monoisotopic (exact) mass is 452 g/mol. The smallest absolute Gasteiger partial charge is 0.201 e. The van der Waals surface area contributed by atoms with Crippen LogP contribution in [0.15, 0.2) is 54.6 Å². The zero-order chi connectivity index (χ0) is 23.5. The Kier molecular flexibility index (Phi) is 10.2. The summed E-state index contributed by atoms with van der Waals surface area (Å²) in [4.78, 5) is 0. The maximum Gasteiger partial charge on any atom is 0.201 e. The van der Waals surface area contributed by atoms with Gasteiger partial charge < -0.3 is 4.74 Å². The topological polar surface area (TPSA) is 9.23 Å². The summed E-state index contributed by atoms with van der Waals surface area (Å²) in [6, 6.07) is 12.2. The van der Waals surface area contributed by atoms with Crippen molar-refractivity contribution in [3.05, 3.63) is 83.0 Å². The van der Waals surface area contributed by atoms with Crippen molar-refractivity contribution in [1.82, 2.24) is 0 Å². The molecule has 0 heterocycles. The molecule has 0 amide bonds. The van der Waals surface area contributed by atoms with Gasteiger partial charge in [0, 0.05) is 5.56 Å². The van der Waals surface area contributed by atoms with E-state index >= 15 is 0 Å². The van der Waals surface area contributed by atoms with Gasteiger partial charge in [0.1, 0.15) is 0 Å². The summed E-state index contributed by atoms with van der Waals surface area (Å²) in [5.74, 6) is -1.16. The van der Waals surface area contributed by atoms with Gasteiger partial charge in [0.25, 0.3) is 0 Å². The summed E-state index contributed by atoms with van der Waals surface area (Å²) in [6.07, 6.45) is 16.6. The zero-order valence-corrected chi connectivity index (χ0v) is 20.2. The van der Waals surface area contributed by atoms with Gasteiger partial charge in [-0.05, 0) is 79.7 Å². The number of allylic oxidation sites excluding steroid dienone is 4. The molecule has 1 aliphatic carbocycles.